The van der Waals surface area contributed by atoms with Crippen LogP contribution in [0.2, 0.25) is 0 Å². The fourth-order valence-corrected chi connectivity index (χ4v) is 1.90. The van der Waals surface area contributed by atoms with E-state index < -0.39 is 0 Å². The second-order valence-electron chi connectivity index (χ2n) is 1.84. The molecule has 2 aliphatic rings. The van der Waals surface area contributed by atoms with Crippen LogP contribution < -0.4 is 0 Å². The van der Waals surface area contributed by atoms with Crippen molar-refractivity contribution in [2.75, 3.05) is 11.5 Å². The zero-order valence-corrected chi connectivity index (χ0v) is 5.83. The number of rotatable bonds is 1. The van der Waals surface area contributed by atoms with E-state index >= 15 is 0 Å². The third-order valence-corrected chi connectivity index (χ3v) is 2.96. The SMILES string of the molecule is C1SO[C@@H]1[C@H]1CSO1. The Kier molecular flexibility index (Phi) is 1.42. The van der Waals surface area contributed by atoms with Gasteiger partial charge in [0.15, 0.2) is 0 Å². The zero-order valence-electron chi connectivity index (χ0n) is 4.20. The molecule has 2 rings (SSSR count). The molecule has 2 atom stereocenters. The van der Waals surface area contributed by atoms with Crippen LogP contribution in [-0.2, 0) is 8.37 Å². The fourth-order valence-electron chi connectivity index (χ4n) is 0.632. The van der Waals surface area contributed by atoms with Crippen LogP contribution in [0, 0.1) is 0 Å². The highest BCUT2D eigenvalue weighted by Gasteiger charge is 2.35. The van der Waals surface area contributed by atoms with Crippen LogP contribution in [0.4, 0.5) is 0 Å². The van der Waals surface area contributed by atoms with E-state index in [-0.39, 0.29) is 0 Å². The Morgan fingerprint density at radius 1 is 1.00 bits per heavy atom. The van der Waals surface area contributed by atoms with Gasteiger partial charge in [-0.15, -0.1) is 0 Å². The van der Waals surface area contributed by atoms with Gasteiger partial charge in [0.1, 0.15) is 12.2 Å². The third kappa shape index (κ3) is 0.757. The van der Waals surface area contributed by atoms with Crippen LogP contribution in [0.15, 0.2) is 0 Å². The summed E-state index contributed by atoms with van der Waals surface area (Å²) in [6, 6.07) is 0. The quantitative estimate of drug-likeness (QED) is 0.520. The average molecular weight is 150 g/mol. The predicted molar refractivity (Wildman–Crippen MR) is 34.7 cm³/mol. The van der Waals surface area contributed by atoms with Gasteiger partial charge in [0.25, 0.3) is 0 Å². The largest absolute Gasteiger partial charge is 0.308 e. The molecule has 2 aliphatic heterocycles. The van der Waals surface area contributed by atoms with Crippen LogP contribution in [0.3, 0.4) is 0 Å². The van der Waals surface area contributed by atoms with Gasteiger partial charge in [0, 0.05) is 0 Å². The maximum absolute atomic E-state index is 5.11. The standard InChI is InChI=1S/C4H6O2S2/c1-3(5-7-1)4-2-8-6-4/h3-4H,1-2H2/t3-,4+. The van der Waals surface area contributed by atoms with Gasteiger partial charge < -0.3 is 8.37 Å². The van der Waals surface area contributed by atoms with Crippen LogP contribution in [0.25, 0.3) is 0 Å². The molecule has 2 nitrogen and oxygen atoms in total. The topological polar surface area (TPSA) is 18.5 Å². The number of hydrogen-bond acceptors (Lipinski definition) is 4. The zero-order chi connectivity index (χ0) is 5.40. The summed E-state index contributed by atoms with van der Waals surface area (Å²) in [4.78, 5) is 0. The summed E-state index contributed by atoms with van der Waals surface area (Å²) < 4.78 is 10.2. The lowest BCUT2D eigenvalue weighted by atomic mass is 10.2. The van der Waals surface area contributed by atoms with Gasteiger partial charge in [-0.1, -0.05) is 0 Å². The Balaban J connectivity index is 1.79. The van der Waals surface area contributed by atoms with E-state index in [1.165, 1.54) is 24.1 Å². The first-order valence-corrected chi connectivity index (χ1v) is 4.35. The molecule has 2 heterocycles. The Labute approximate surface area is 56.7 Å². The lowest BCUT2D eigenvalue weighted by molar-refractivity contribution is 0.0723. The fraction of sp³-hybridized carbons (Fsp3) is 1.00. The minimum Gasteiger partial charge on any atom is -0.308 e. The van der Waals surface area contributed by atoms with Crippen LogP contribution in [0.1, 0.15) is 0 Å². The molecular formula is C4H6O2S2. The molecule has 2 fully saturated rings. The minimum absolute atomic E-state index is 0.404. The van der Waals surface area contributed by atoms with E-state index in [0.717, 1.165) is 11.5 Å². The second-order valence-corrected chi connectivity index (χ2v) is 3.36. The van der Waals surface area contributed by atoms with Gasteiger partial charge in [-0.3, -0.25) is 0 Å². The number of hydrogen-bond donors (Lipinski definition) is 0. The molecular weight excluding hydrogens is 144 g/mol. The van der Waals surface area contributed by atoms with E-state index in [9.17, 15) is 0 Å². The summed E-state index contributed by atoms with van der Waals surface area (Å²) >= 11 is 3.07. The van der Waals surface area contributed by atoms with E-state index in [4.69, 9.17) is 8.37 Å². The molecule has 0 N–H and O–H groups in total. The predicted octanol–water partition coefficient (Wildman–Crippen LogP) is 1.08. The van der Waals surface area contributed by atoms with Gasteiger partial charge >= 0.3 is 0 Å². The summed E-state index contributed by atoms with van der Waals surface area (Å²) in [5, 5.41) is 0. The highest BCUT2D eigenvalue weighted by Crippen LogP contribution is 2.35. The van der Waals surface area contributed by atoms with Gasteiger partial charge in [-0.05, 0) is 24.1 Å². The first-order valence-electron chi connectivity index (χ1n) is 2.53. The van der Waals surface area contributed by atoms with Gasteiger partial charge in [0.2, 0.25) is 0 Å². The normalized spacial score (nSPS) is 45.0. The van der Waals surface area contributed by atoms with Crippen molar-refractivity contribution < 1.29 is 8.37 Å². The van der Waals surface area contributed by atoms with Crippen LogP contribution in [-0.4, -0.2) is 23.7 Å². The van der Waals surface area contributed by atoms with Crippen molar-refractivity contribution >= 4 is 24.1 Å². The van der Waals surface area contributed by atoms with E-state index in [1.807, 2.05) is 0 Å². The van der Waals surface area contributed by atoms with E-state index in [0.29, 0.717) is 12.2 Å². The molecule has 0 aromatic carbocycles. The molecule has 0 unspecified atom stereocenters. The van der Waals surface area contributed by atoms with Crippen molar-refractivity contribution in [2.45, 2.75) is 12.2 Å². The summed E-state index contributed by atoms with van der Waals surface area (Å²) in [6.45, 7) is 0. The molecule has 0 amide bonds. The molecule has 0 spiro atoms. The second kappa shape index (κ2) is 2.10. The summed E-state index contributed by atoms with van der Waals surface area (Å²) in [5.41, 5.74) is 0. The molecule has 0 aromatic rings. The highest BCUT2D eigenvalue weighted by atomic mass is 32.2. The average Bonchev–Trinajstić information content (AvgIpc) is 1.47. The Morgan fingerprint density at radius 3 is 1.50 bits per heavy atom. The third-order valence-electron chi connectivity index (χ3n) is 1.26. The molecule has 0 radical (unpaired) electrons. The minimum atomic E-state index is 0.404. The van der Waals surface area contributed by atoms with Gasteiger partial charge in [0.05, 0.1) is 11.5 Å². The van der Waals surface area contributed by atoms with E-state index in [1.54, 1.807) is 0 Å². The monoisotopic (exact) mass is 150 g/mol. The Hall–Kier alpha value is 0.620. The lowest BCUT2D eigenvalue weighted by Gasteiger charge is -2.36. The molecule has 0 aromatic heterocycles. The van der Waals surface area contributed by atoms with Crippen LogP contribution >= 0.6 is 24.1 Å². The molecule has 0 saturated carbocycles. The molecule has 46 valence electrons. The summed E-state index contributed by atoms with van der Waals surface area (Å²) in [6.07, 6.45) is 0.808. The first-order chi connectivity index (χ1) is 3.97. The molecule has 0 bridgehead atoms. The molecule has 4 heteroatoms. The maximum atomic E-state index is 5.11. The Morgan fingerprint density at radius 2 is 1.38 bits per heavy atom. The van der Waals surface area contributed by atoms with Crippen LogP contribution in [0.5, 0.6) is 0 Å². The first kappa shape index (κ1) is 5.41. The van der Waals surface area contributed by atoms with Crippen molar-refractivity contribution in [3.05, 3.63) is 0 Å². The summed E-state index contributed by atoms with van der Waals surface area (Å²) in [5.74, 6) is 2.23. The highest BCUT2D eigenvalue weighted by molar-refractivity contribution is 7.96. The summed E-state index contributed by atoms with van der Waals surface area (Å²) in [7, 11) is 0. The lowest BCUT2D eigenvalue weighted by Crippen LogP contribution is -2.42. The van der Waals surface area contributed by atoms with Crippen molar-refractivity contribution in [1.29, 1.82) is 0 Å². The van der Waals surface area contributed by atoms with E-state index in [2.05, 4.69) is 0 Å². The maximum Gasteiger partial charge on any atom is 0.112 e. The molecule has 8 heavy (non-hydrogen) atoms. The van der Waals surface area contributed by atoms with Crippen molar-refractivity contribution in [3.63, 3.8) is 0 Å². The van der Waals surface area contributed by atoms with Crippen molar-refractivity contribution in [2.24, 2.45) is 0 Å². The van der Waals surface area contributed by atoms with Gasteiger partial charge in [-0.25, -0.2) is 0 Å². The van der Waals surface area contributed by atoms with Crippen molar-refractivity contribution in [3.8, 4) is 0 Å². The Bertz CT molecular complexity index is 78.0. The van der Waals surface area contributed by atoms with Gasteiger partial charge in [-0.2, -0.15) is 0 Å². The molecule has 2 saturated heterocycles. The molecule has 0 aliphatic carbocycles. The smallest absolute Gasteiger partial charge is 0.112 e. The van der Waals surface area contributed by atoms with Crippen molar-refractivity contribution in [1.82, 2.24) is 0 Å².